The molecule has 1 saturated heterocycles. The van der Waals surface area contributed by atoms with Gasteiger partial charge in [-0.25, -0.2) is 0 Å². The smallest absolute Gasteiger partial charge is 0.233 e. The summed E-state index contributed by atoms with van der Waals surface area (Å²) in [5.41, 5.74) is 0.796. The standard InChI is InChI=1S/C20H26N2O5/c1-26-16-9-5-6-13(18(16)27-2)12-21-17(23)10-11-22-19(24)14-7-3-4-8-15(14)20(22)25/h5-6,9,14-15H,3-4,7-8,10-12H2,1-2H3,(H,21,23). The van der Waals surface area contributed by atoms with E-state index in [2.05, 4.69) is 5.32 Å². The van der Waals surface area contributed by atoms with Crippen LogP contribution in [0.5, 0.6) is 11.5 Å². The van der Waals surface area contributed by atoms with Gasteiger partial charge in [0.1, 0.15) is 0 Å². The molecule has 0 bridgehead atoms. The van der Waals surface area contributed by atoms with Crippen molar-refractivity contribution in [3.05, 3.63) is 23.8 Å². The van der Waals surface area contributed by atoms with Crippen LogP contribution in [0.3, 0.4) is 0 Å². The molecule has 2 fully saturated rings. The van der Waals surface area contributed by atoms with Gasteiger partial charge in [-0.3, -0.25) is 19.3 Å². The highest BCUT2D eigenvalue weighted by atomic mass is 16.5. The molecule has 1 aliphatic carbocycles. The van der Waals surface area contributed by atoms with Crippen LogP contribution >= 0.6 is 0 Å². The summed E-state index contributed by atoms with van der Waals surface area (Å²) in [7, 11) is 3.11. The molecular weight excluding hydrogens is 348 g/mol. The van der Waals surface area contributed by atoms with E-state index in [-0.39, 0.29) is 49.1 Å². The topological polar surface area (TPSA) is 84.9 Å². The minimum atomic E-state index is -0.213. The van der Waals surface area contributed by atoms with E-state index in [0.717, 1.165) is 31.2 Å². The number of nitrogens with zero attached hydrogens (tertiary/aromatic N) is 1. The van der Waals surface area contributed by atoms with Crippen LogP contribution in [-0.2, 0) is 20.9 Å². The molecule has 7 heteroatoms. The molecule has 2 unspecified atom stereocenters. The van der Waals surface area contributed by atoms with Gasteiger partial charge >= 0.3 is 0 Å². The van der Waals surface area contributed by atoms with Crippen LogP contribution < -0.4 is 14.8 Å². The fourth-order valence-electron chi connectivity index (χ4n) is 4.04. The van der Waals surface area contributed by atoms with E-state index < -0.39 is 0 Å². The molecule has 1 N–H and O–H groups in total. The lowest BCUT2D eigenvalue weighted by atomic mass is 9.81. The van der Waals surface area contributed by atoms with Crippen molar-refractivity contribution in [2.24, 2.45) is 11.8 Å². The maximum atomic E-state index is 12.4. The molecule has 1 aliphatic heterocycles. The average Bonchev–Trinajstić information content (AvgIpc) is 2.94. The molecule has 27 heavy (non-hydrogen) atoms. The number of hydrogen-bond acceptors (Lipinski definition) is 5. The zero-order valence-electron chi connectivity index (χ0n) is 15.8. The van der Waals surface area contributed by atoms with Crippen LogP contribution in [-0.4, -0.2) is 43.4 Å². The SMILES string of the molecule is COc1cccc(CNC(=O)CCN2C(=O)C3CCCCC3C2=O)c1OC. The number of hydrogen-bond donors (Lipinski definition) is 1. The monoisotopic (exact) mass is 374 g/mol. The zero-order chi connectivity index (χ0) is 19.4. The number of carbonyl (C=O) groups excluding carboxylic acids is 3. The van der Waals surface area contributed by atoms with Gasteiger partial charge in [0.15, 0.2) is 11.5 Å². The maximum absolute atomic E-state index is 12.4. The molecule has 1 aromatic rings. The van der Waals surface area contributed by atoms with Crippen LogP contribution in [0.4, 0.5) is 0 Å². The number of likely N-dealkylation sites (tertiary alicyclic amines) is 1. The van der Waals surface area contributed by atoms with Crippen LogP contribution in [0.1, 0.15) is 37.7 Å². The molecule has 3 rings (SSSR count). The third-order valence-corrected chi connectivity index (χ3v) is 5.46. The second-order valence-electron chi connectivity index (χ2n) is 7.00. The number of benzene rings is 1. The number of rotatable bonds is 7. The van der Waals surface area contributed by atoms with Gasteiger partial charge < -0.3 is 14.8 Å². The van der Waals surface area contributed by atoms with Crippen molar-refractivity contribution in [1.82, 2.24) is 10.2 Å². The Morgan fingerprint density at radius 2 is 1.78 bits per heavy atom. The van der Waals surface area contributed by atoms with Crippen molar-refractivity contribution < 1.29 is 23.9 Å². The van der Waals surface area contributed by atoms with Crippen molar-refractivity contribution in [3.63, 3.8) is 0 Å². The number of nitrogens with one attached hydrogen (secondary N) is 1. The molecule has 0 radical (unpaired) electrons. The molecule has 0 spiro atoms. The zero-order valence-corrected chi connectivity index (χ0v) is 15.8. The Morgan fingerprint density at radius 3 is 2.37 bits per heavy atom. The Bertz CT molecular complexity index is 709. The molecule has 2 atom stereocenters. The Morgan fingerprint density at radius 1 is 1.11 bits per heavy atom. The van der Waals surface area contributed by atoms with E-state index >= 15 is 0 Å². The molecule has 1 aromatic carbocycles. The lowest BCUT2D eigenvalue weighted by molar-refractivity contribution is -0.140. The highest BCUT2D eigenvalue weighted by molar-refractivity contribution is 6.05. The van der Waals surface area contributed by atoms with E-state index in [4.69, 9.17) is 9.47 Å². The van der Waals surface area contributed by atoms with Crippen molar-refractivity contribution >= 4 is 17.7 Å². The first-order valence-electron chi connectivity index (χ1n) is 9.38. The molecular formula is C20H26N2O5. The Hall–Kier alpha value is -2.57. The maximum Gasteiger partial charge on any atom is 0.233 e. The number of methoxy groups -OCH3 is 2. The average molecular weight is 374 g/mol. The molecule has 1 saturated carbocycles. The van der Waals surface area contributed by atoms with E-state index in [1.807, 2.05) is 12.1 Å². The lowest BCUT2D eigenvalue weighted by Crippen LogP contribution is -2.35. The number of amides is 3. The fraction of sp³-hybridized carbons (Fsp3) is 0.550. The summed E-state index contributed by atoms with van der Waals surface area (Å²) in [6.07, 6.45) is 3.66. The minimum absolute atomic E-state index is 0.100. The largest absolute Gasteiger partial charge is 0.493 e. The van der Waals surface area contributed by atoms with Gasteiger partial charge in [0.05, 0.1) is 26.1 Å². The normalized spacial score (nSPS) is 21.8. The van der Waals surface area contributed by atoms with E-state index in [1.165, 1.54) is 4.90 Å². The Labute approximate surface area is 159 Å². The summed E-state index contributed by atoms with van der Waals surface area (Å²) in [4.78, 5) is 38.4. The van der Waals surface area contributed by atoms with Crippen LogP contribution in [0.2, 0.25) is 0 Å². The predicted molar refractivity (Wildman–Crippen MR) is 98.2 cm³/mol. The minimum Gasteiger partial charge on any atom is -0.493 e. The third-order valence-electron chi connectivity index (χ3n) is 5.46. The number of imide groups is 1. The van der Waals surface area contributed by atoms with Gasteiger partial charge in [-0.05, 0) is 18.9 Å². The molecule has 7 nitrogen and oxygen atoms in total. The highest BCUT2D eigenvalue weighted by Crippen LogP contribution is 2.38. The van der Waals surface area contributed by atoms with Gasteiger partial charge in [0.2, 0.25) is 17.7 Å². The summed E-state index contributed by atoms with van der Waals surface area (Å²) >= 11 is 0. The van der Waals surface area contributed by atoms with E-state index in [0.29, 0.717) is 11.5 Å². The van der Waals surface area contributed by atoms with Crippen molar-refractivity contribution in [3.8, 4) is 11.5 Å². The van der Waals surface area contributed by atoms with Crippen LogP contribution in [0.25, 0.3) is 0 Å². The fourth-order valence-corrected chi connectivity index (χ4v) is 4.04. The summed E-state index contributed by atoms with van der Waals surface area (Å²) in [5.74, 6) is 0.411. The second kappa shape index (κ2) is 8.41. The predicted octanol–water partition coefficient (Wildman–Crippen LogP) is 1.89. The van der Waals surface area contributed by atoms with Gasteiger partial charge in [-0.15, -0.1) is 0 Å². The summed E-state index contributed by atoms with van der Waals surface area (Å²) < 4.78 is 10.6. The first-order chi connectivity index (χ1) is 13.1. The molecule has 0 aromatic heterocycles. The number of fused-ring (bicyclic) bond motifs is 1. The highest BCUT2D eigenvalue weighted by Gasteiger charge is 2.47. The number of para-hydroxylation sites is 1. The number of ether oxygens (including phenoxy) is 2. The quantitative estimate of drug-likeness (QED) is 0.737. The molecule has 146 valence electrons. The molecule has 1 heterocycles. The first kappa shape index (κ1) is 19.2. The summed E-state index contributed by atoms with van der Waals surface area (Å²) in [6.45, 7) is 0.429. The van der Waals surface area contributed by atoms with Gasteiger partial charge in [0, 0.05) is 25.1 Å². The Balaban J connectivity index is 1.53. The van der Waals surface area contributed by atoms with E-state index in [1.54, 1.807) is 20.3 Å². The summed E-state index contributed by atoms with van der Waals surface area (Å²) in [6, 6.07) is 5.46. The number of carbonyl (C=O) groups is 3. The van der Waals surface area contributed by atoms with Gasteiger partial charge in [-0.2, -0.15) is 0 Å². The molecule has 2 aliphatic rings. The van der Waals surface area contributed by atoms with Gasteiger partial charge in [0.25, 0.3) is 0 Å². The van der Waals surface area contributed by atoms with Gasteiger partial charge in [-0.1, -0.05) is 25.0 Å². The first-order valence-corrected chi connectivity index (χ1v) is 9.38. The summed E-state index contributed by atoms with van der Waals surface area (Å²) in [5, 5.41) is 2.82. The van der Waals surface area contributed by atoms with Crippen molar-refractivity contribution in [2.45, 2.75) is 38.6 Å². The van der Waals surface area contributed by atoms with Crippen LogP contribution in [0.15, 0.2) is 18.2 Å². The lowest BCUT2D eigenvalue weighted by Gasteiger charge is -2.19. The molecule has 3 amide bonds. The second-order valence-corrected chi connectivity index (χ2v) is 7.00. The van der Waals surface area contributed by atoms with Crippen molar-refractivity contribution in [2.75, 3.05) is 20.8 Å². The van der Waals surface area contributed by atoms with Crippen LogP contribution in [0, 0.1) is 11.8 Å². The van der Waals surface area contributed by atoms with Crippen molar-refractivity contribution in [1.29, 1.82) is 0 Å². The third kappa shape index (κ3) is 3.91. The van der Waals surface area contributed by atoms with E-state index in [9.17, 15) is 14.4 Å². The Kier molecular flexibility index (Phi) is 5.98.